The molecule has 0 N–H and O–H groups in total. The lowest BCUT2D eigenvalue weighted by Gasteiger charge is -2.27. The van der Waals surface area contributed by atoms with Crippen molar-refractivity contribution in [1.82, 2.24) is 4.90 Å². The van der Waals surface area contributed by atoms with Crippen LogP contribution in [-0.4, -0.2) is 38.6 Å². The largest absolute Gasteiger partial charge is 0.416 e. The number of halogens is 3. The van der Waals surface area contributed by atoms with E-state index in [9.17, 15) is 13.2 Å². The second-order valence-electron chi connectivity index (χ2n) is 7.34. The first kappa shape index (κ1) is 17.2. The van der Waals surface area contributed by atoms with E-state index in [0.717, 1.165) is 35.6 Å². The Morgan fingerprint density at radius 3 is 2.35 bits per heavy atom. The highest BCUT2D eigenvalue weighted by Crippen LogP contribution is 2.50. The lowest BCUT2D eigenvalue weighted by atomic mass is 9.98. The van der Waals surface area contributed by atoms with E-state index in [4.69, 9.17) is 0 Å². The second kappa shape index (κ2) is 5.91. The molecule has 2 atom stereocenters. The molecule has 0 amide bonds. The number of anilines is 3. The van der Waals surface area contributed by atoms with Crippen molar-refractivity contribution in [2.24, 2.45) is 0 Å². The summed E-state index contributed by atoms with van der Waals surface area (Å²) in [6, 6.07) is 12.4. The lowest BCUT2D eigenvalue weighted by molar-refractivity contribution is -0.137. The summed E-state index contributed by atoms with van der Waals surface area (Å²) in [5.41, 5.74) is 3.12. The van der Waals surface area contributed by atoms with E-state index in [0.29, 0.717) is 6.04 Å². The van der Waals surface area contributed by atoms with E-state index in [1.54, 1.807) is 6.07 Å². The first-order valence-electron chi connectivity index (χ1n) is 8.74. The molecule has 2 aliphatic rings. The molecule has 138 valence electrons. The van der Waals surface area contributed by atoms with Crippen LogP contribution >= 0.6 is 0 Å². The van der Waals surface area contributed by atoms with Crippen LogP contribution in [0.2, 0.25) is 0 Å². The number of alkyl halides is 3. The normalized spacial score (nSPS) is 22.1. The van der Waals surface area contributed by atoms with E-state index in [-0.39, 0.29) is 6.04 Å². The fourth-order valence-corrected chi connectivity index (χ4v) is 4.17. The highest BCUT2D eigenvalue weighted by Gasteiger charge is 2.41. The van der Waals surface area contributed by atoms with Crippen LogP contribution in [0.4, 0.5) is 30.2 Å². The van der Waals surface area contributed by atoms with Crippen molar-refractivity contribution < 1.29 is 13.2 Å². The van der Waals surface area contributed by atoms with Crippen LogP contribution in [0.25, 0.3) is 0 Å². The molecule has 4 rings (SSSR count). The number of benzene rings is 2. The number of likely N-dealkylation sites (N-methyl/N-ethyl adjacent to an activating group) is 1. The number of nitrogens with zero attached hydrogens (tertiary/aromatic N) is 3. The molecule has 1 fully saturated rings. The molecule has 0 saturated carbocycles. The Labute approximate surface area is 151 Å². The maximum Gasteiger partial charge on any atom is 0.416 e. The summed E-state index contributed by atoms with van der Waals surface area (Å²) in [6.45, 7) is 0.804. The van der Waals surface area contributed by atoms with Crippen molar-refractivity contribution in [1.29, 1.82) is 0 Å². The first-order valence-corrected chi connectivity index (χ1v) is 8.74. The van der Waals surface area contributed by atoms with Gasteiger partial charge in [-0.2, -0.15) is 13.2 Å². The van der Waals surface area contributed by atoms with Gasteiger partial charge in [0.2, 0.25) is 0 Å². The maximum atomic E-state index is 13.3. The predicted octanol–water partition coefficient (Wildman–Crippen LogP) is 4.67. The fraction of sp³-hybridized carbons (Fsp3) is 0.400. The van der Waals surface area contributed by atoms with E-state index in [1.807, 2.05) is 44.2 Å². The van der Waals surface area contributed by atoms with E-state index in [1.165, 1.54) is 12.1 Å². The van der Waals surface area contributed by atoms with Gasteiger partial charge in [0.05, 0.1) is 23.0 Å². The number of fused-ring (bicyclic) bond motifs is 5. The van der Waals surface area contributed by atoms with Crippen LogP contribution < -0.4 is 9.80 Å². The molecule has 0 aromatic heterocycles. The Hall–Kier alpha value is -2.21. The van der Waals surface area contributed by atoms with Gasteiger partial charge in [0, 0.05) is 25.3 Å². The molecular weight excluding hydrogens is 339 g/mol. The Bertz CT molecular complexity index is 831. The Morgan fingerprint density at radius 2 is 1.69 bits per heavy atom. The minimum Gasteiger partial charge on any atom is -0.361 e. The van der Waals surface area contributed by atoms with Gasteiger partial charge in [0.1, 0.15) is 0 Å². The molecule has 0 aliphatic carbocycles. The van der Waals surface area contributed by atoms with Gasteiger partial charge in [-0.05, 0) is 56.4 Å². The van der Waals surface area contributed by atoms with Crippen molar-refractivity contribution in [2.75, 3.05) is 37.5 Å². The zero-order valence-corrected chi connectivity index (χ0v) is 15.1. The standard InChI is InChI=1S/C20H22F3N3/c1-24(2)14-11-19-15-10-13(20(21,22)23)8-9-16(15)25(3)17-6-4-5-7-18(17)26(19)12-14/h4-10,14,19H,11-12H2,1-3H3. The third-order valence-electron chi connectivity index (χ3n) is 5.64. The van der Waals surface area contributed by atoms with Gasteiger partial charge in [-0.3, -0.25) is 0 Å². The highest BCUT2D eigenvalue weighted by atomic mass is 19.4. The van der Waals surface area contributed by atoms with Crippen LogP contribution in [0.15, 0.2) is 42.5 Å². The molecule has 2 aromatic rings. The van der Waals surface area contributed by atoms with Crippen molar-refractivity contribution in [3.05, 3.63) is 53.6 Å². The minimum absolute atomic E-state index is 0.0641. The average Bonchev–Trinajstić information content (AvgIpc) is 3.02. The third-order valence-corrected chi connectivity index (χ3v) is 5.64. The van der Waals surface area contributed by atoms with Crippen LogP contribution in [0.5, 0.6) is 0 Å². The topological polar surface area (TPSA) is 9.72 Å². The van der Waals surface area contributed by atoms with Crippen LogP contribution in [0, 0.1) is 0 Å². The molecule has 2 aliphatic heterocycles. The van der Waals surface area contributed by atoms with Gasteiger partial charge in [0.15, 0.2) is 0 Å². The lowest BCUT2D eigenvalue weighted by Crippen LogP contribution is -2.31. The van der Waals surface area contributed by atoms with Gasteiger partial charge in [-0.25, -0.2) is 0 Å². The van der Waals surface area contributed by atoms with Crippen LogP contribution in [0.1, 0.15) is 23.6 Å². The summed E-state index contributed by atoms with van der Waals surface area (Å²) >= 11 is 0. The van der Waals surface area contributed by atoms with Crippen molar-refractivity contribution in [3.63, 3.8) is 0 Å². The number of rotatable bonds is 1. The Morgan fingerprint density at radius 1 is 1.00 bits per heavy atom. The van der Waals surface area contributed by atoms with E-state index in [2.05, 4.69) is 15.9 Å². The second-order valence-corrected chi connectivity index (χ2v) is 7.34. The monoisotopic (exact) mass is 361 g/mol. The number of para-hydroxylation sites is 2. The SMILES string of the molecule is CN1c2ccc(C(F)(F)F)cc2C2CC(N(C)C)CN2c2ccccc21. The van der Waals surface area contributed by atoms with Gasteiger partial charge in [-0.1, -0.05) is 12.1 Å². The summed E-state index contributed by atoms with van der Waals surface area (Å²) in [4.78, 5) is 6.44. The zero-order chi connectivity index (χ0) is 18.6. The number of hydrogen-bond acceptors (Lipinski definition) is 3. The molecule has 3 nitrogen and oxygen atoms in total. The van der Waals surface area contributed by atoms with Crippen LogP contribution in [-0.2, 0) is 6.18 Å². The molecular formula is C20H22F3N3. The predicted molar refractivity (Wildman–Crippen MR) is 98.1 cm³/mol. The van der Waals surface area contributed by atoms with Crippen molar-refractivity contribution >= 4 is 17.1 Å². The summed E-state index contributed by atoms with van der Waals surface area (Å²) in [6.07, 6.45) is -3.53. The zero-order valence-electron chi connectivity index (χ0n) is 15.1. The molecule has 2 aromatic carbocycles. The first-order chi connectivity index (χ1) is 12.3. The molecule has 0 bridgehead atoms. The molecule has 0 spiro atoms. The fourth-order valence-electron chi connectivity index (χ4n) is 4.17. The number of hydrogen-bond donors (Lipinski definition) is 0. The Kier molecular flexibility index (Phi) is 3.91. The van der Waals surface area contributed by atoms with Gasteiger partial charge < -0.3 is 14.7 Å². The molecule has 0 radical (unpaired) electrons. The summed E-state index contributed by atoms with van der Waals surface area (Å²) < 4.78 is 40.0. The van der Waals surface area contributed by atoms with Gasteiger partial charge >= 0.3 is 6.18 Å². The van der Waals surface area contributed by atoms with Crippen molar-refractivity contribution in [2.45, 2.75) is 24.7 Å². The maximum absolute atomic E-state index is 13.3. The molecule has 6 heteroatoms. The highest BCUT2D eigenvalue weighted by molar-refractivity contribution is 5.82. The summed E-state index contributed by atoms with van der Waals surface area (Å²) in [7, 11) is 5.99. The van der Waals surface area contributed by atoms with Crippen molar-refractivity contribution in [3.8, 4) is 0 Å². The Balaban J connectivity index is 1.91. The van der Waals surface area contributed by atoms with Gasteiger partial charge in [0.25, 0.3) is 0 Å². The van der Waals surface area contributed by atoms with E-state index >= 15 is 0 Å². The van der Waals surface area contributed by atoms with Gasteiger partial charge in [-0.15, -0.1) is 0 Å². The minimum atomic E-state index is -4.34. The molecule has 26 heavy (non-hydrogen) atoms. The van der Waals surface area contributed by atoms with Crippen LogP contribution in [0.3, 0.4) is 0 Å². The average molecular weight is 361 g/mol. The quantitative estimate of drug-likeness (QED) is 0.731. The van der Waals surface area contributed by atoms with E-state index < -0.39 is 11.7 Å². The summed E-state index contributed by atoms with van der Waals surface area (Å²) in [5.74, 6) is 0. The molecule has 2 unspecified atom stereocenters. The smallest absolute Gasteiger partial charge is 0.361 e. The molecule has 1 saturated heterocycles. The summed E-state index contributed by atoms with van der Waals surface area (Å²) in [5, 5.41) is 0. The molecule has 2 heterocycles. The third kappa shape index (κ3) is 2.63.